The molecule has 1 N–H and O–H groups in total. The van der Waals surface area contributed by atoms with Crippen molar-refractivity contribution >= 4 is 21.8 Å². The molecule has 0 aliphatic heterocycles. The number of carbonyl (C=O) groups is 1. The van der Waals surface area contributed by atoms with Crippen LogP contribution in [0.3, 0.4) is 0 Å². The van der Waals surface area contributed by atoms with E-state index >= 15 is 0 Å². The zero-order chi connectivity index (χ0) is 13.9. The maximum Gasteiger partial charge on any atom is 0.253 e. The second-order valence-corrected chi connectivity index (χ2v) is 5.95. The third kappa shape index (κ3) is 4.10. The minimum absolute atomic E-state index is 0.0553. The summed E-state index contributed by atoms with van der Waals surface area (Å²) in [5.74, 6) is -0.0553. The van der Waals surface area contributed by atoms with Crippen LogP contribution in [0.15, 0.2) is 22.7 Å². The van der Waals surface area contributed by atoms with Gasteiger partial charge in [0.25, 0.3) is 5.91 Å². The topological polar surface area (TPSA) is 40.5 Å². The summed E-state index contributed by atoms with van der Waals surface area (Å²) in [6.45, 7) is 8.20. The lowest BCUT2D eigenvalue weighted by atomic mass is 10.1. The summed E-state index contributed by atoms with van der Waals surface area (Å²) < 4.78 is 0.924. The molecule has 0 aliphatic rings. The van der Waals surface area contributed by atoms with E-state index in [1.54, 1.807) is 18.7 Å². The average Bonchev–Trinajstić information content (AvgIpc) is 2.27. The van der Waals surface area contributed by atoms with Gasteiger partial charge in [-0.3, -0.25) is 4.79 Å². The quantitative estimate of drug-likeness (QED) is 0.928. The molecule has 1 amide bonds. The van der Waals surface area contributed by atoms with Gasteiger partial charge in [0, 0.05) is 23.1 Å². The molecular weight excluding hydrogens is 294 g/mol. The predicted molar refractivity (Wildman–Crippen MR) is 76.8 cm³/mol. The van der Waals surface area contributed by atoms with E-state index in [0.717, 1.165) is 10.0 Å². The zero-order valence-electron chi connectivity index (χ0n) is 11.3. The molecule has 0 atom stereocenters. The van der Waals surface area contributed by atoms with Crippen molar-refractivity contribution in [2.24, 2.45) is 0 Å². The van der Waals surface area contributed by atoms with Gasteiger partial charge in [0.2, 0.25) is 0 Å². The lowest BCUT2D eigenvalue weighted by molar-refractivity contribution is 0.0314. The van der Waals surface area contributed by atoms with Crippen molar-refractivity contribution in [2.45, 2.75) is 33.3 Å². The molecule has 1 aromatic carbocycles. The molecule has 0 heterocycles. The van der Waals surface area contributed by atoms with Gasteiger partial charge >= 0.3 is 0 Å². The van der Waals surface area contributed by atoms with Crippen LogP contribution in [0.1, 0.15) is 36.7 Å². The first-order valence-corrected chi connectivity index (χ1v) is 6.81. The van der Waals surface area contributed by atoms with Gasteiger partial charge in [-0.15, -0.1) is 0 Å². The molecule has 0 aromatic heterocycles. The summed E-state index contributed by atoms with van der Waals surface area (Å²) in [5, 5.41) is 9.81. The van der Waals surface area contributed by atoms with Crippen molar-refractivity contribution in [3.8, 4) is 0 Å². The van der Waals surface area contributed by atoms with E-state index in [4.69, 9.17) is 0 Å². The van der Waals surface area contributed by atoms with Gasteiger partial charge in [-0.2, -0.15) is 0 Å². The Labute approximate surface area is 117 Å². The number of hydrogen-bond acceptors (Lipinski definition) is 2. The first-order chi connectivity index (χ1) is 8.24. The average molecular weight is 314 g/mol. The number of rotatable bonds is 4. The van der Waals surface area contributed by atoms with Crippen LogP contribution < -0.4 is 0 Å². The summed E-state index contributed by atoms with van der Waals surface area (Å²) in [6, 6.07) is 5.55. The van der Waals surface area contributed by atoms with E-state index in [0.29, 0.717) is 18.7 Å². The van der Waals surface area contributed by atoms with Crippen LogP contribution in [0.4, 0.5) is 0 Å². The molecule has 0 saturated carbocycles. The van der Waals surface area contributed by atoms with Crippen LogP contribution >= 0.6 is 15.9 Å². The fourth-order valence-corrected chi connectivity index (χ4v) is 2.08. The molecule has 4 heteroatoms. The van der Waals surface area contributed by atoms with Gasteiger partial charge < -0.3 is 10.0 Å². The van der Waals surface area contributed by atoms with Crippen molar-refractivity contribution in [1.82, 2.24) is 4.90 Å². The fraction of sp³-hybridized carbons (Fsp3) is 0.500. The first-order valence-electron chi connectivity index (χ1n) is 6.02. The summed E-state index contributed by atoms with van der Waals surface area (Å²) in [4.78, 5) is 14.0. The Morgan fingerprint density at radius 2 is 2.06 bits per heavy atom. The van der Waals surface area contributed by atoms with Gasteiger partial charge in [-0.1, -0.05) is 22.0 Å². The lowest BCUT2D eigenvalue weighted by Gasteiger charge is -2.28. The van der Waals surface area contributed by atoms with Gasteiger partial charge in [0.1, 0.15) is 0 Å². The minimum atomic E-state index is -0.881. The molecule has 0 aliphatic carbocycles. The first kappa shape index (κ1) is 15.2. The second-order valence-electron chi connectivity index (χ2n) is 5.10. The lowest BCUT2D eigenvalue weighted by Crippen LogP contribution is -2.42. The SMILES string of the molecule is CCN(CC(C)(C)O)C(=O)c1ccc(C)c(Br)c1. The predicted octanol–water partition coefficient (Wildman–Crippen LogP) is 2.99. The Morgan fingerprint density at radius 1 is 1.44 bits per heavy atom. The fourth-order valence-electron chi connectivity index (χ4n) is 1.70. The Hall–Kier alpha value is -0.870. The molecule has 1 aromatic rings. The normalized spacial score (nSPS) is 11.4. The number of nitrogens with zero attached hydrogens (tertiary/aromatic N) is 1. The highest BCUT2D eigenvalue weighted by molar-refractivity contribution is 9.10. The van der Waals surface area contributed by atoms with Gasteiger partial charge in [0.05, 0.1) is 5.60 Å². The van der Waals surface area contributed by atoms with E-state index < -0.39 is 5.60 Å². The molecule has 18 heavy (non-hydrogen) atoms. The number of carbonyl (C=O) groups excluding carboxylic acids is 1. The summed E-state index contributed by atoms with van der Waals surface area (Å²) in [6.07, 6.45) is 0. The Morgan fingerprint density at radius 3 is 2.50 bits per heavy atom. The summed E-state index contributed by atoms with van der Waals surface area (Å²) in [5.41, 5.74) is 0.851. The maximum absolute atomic E-state index is 12.3. The standard InChI is InChI=1S/C14H20BrNO2/c1-5-16(9-14(3,4)18)13(17)11-7-6-10(2)12(15)8-11/h6-8,18H,5,9H2,1-4H3. The molecule has 3 nitrogen and oxygen atoms in total. The number of amides is 1. The highest BCUT2D eigenvalue weighted by Gasteiger charge is 2.22. The minimum Gasteiger partial charge on any atom is -0.389 e. The third-order valence-corrected chi connectivity index (χ3v) is 3.52. The molecule has 0 radical (unpaired) electrons. The van der Waals surface area contributed by atoms with Gasteiger partial charge in [0.15, 0.2) is 0 Å². The van der Waals surface area contributed by atoms with Crippen molar-refractivity contribution in [2.75, 3.05) is 13.1 Å². The van der Waals surface area contributed by atoms with Crippen molar-refractivity contribution in [3.05, 3.63) is 33.8 Å². The van der Waals surface area contributed by atoms with E-state index in [2.05, 4.69) is 15.9 Å². The van der Waals surface area contributed by atoms with Crippen molar-refractivity contribution in [3.63, 3.8) is 0 Å². The smallest absolute Gasteiger partial charge is 0.253 e. The third-order valence-electron chi connectivity index (χ3n) is 2.67. The number of hydrogen-bond donors (Lipinski definition) is 1. The molecule has 0 spiro atoms. The number of likely N-dealkylation sites (N-methyl/N-ethyl adjacent to an activating group) is 1. The van der Waals surface area contributed by atoms with Crippen molar-refractivity contribution in [1.29, 1.82) is 0 Å². The van der Waals surface area contributed by atoms with E-state index in [-0.39, 0.29) is 5.91 Å². The number of halogens is 1. The monoisotopic (exact) mass is 313 g/mol. The number of aliphatic hydroxyl groups is 1. The van der Waals surface area contributed by atoms with Crippen molar-refractivity contribution < 1.29 is 9.90 Å². The Bertz CT molecular complexity index is 438. The van der Waals surface area contributed by atoms with Crippen LogP contribution in [0.25, 0.3) is 0 Å². The van der Waals surface area contributed by atoms with Gasteiger partial charge in [-0.05, 0) is 45.4 Å². The van der Waals surface area contributed by atoms with Crippen LogP contribution in [-0.4, -0.2) is 34.6 Å². The molecule has 0 fully saturated rings. The van der Waals surface area contributed by atoms with Gasteiger partial charge in [-0.25, -0.2) is 0 Å². The zero-order valence-corrected chi connectivity index (χ0v) is 12.9. The maximum atomic E-state index is 12.3. The number of benzene rings is 1. The molecule has 0 saturated heterocycles. The van der Waals surface area contributed by atoms with E-state index in [1.165, 1.54) is 0 Å². The summed E-state index contributed by atoms with van der Waals surface area (Å²) >= 11 is 3.43. The Kier molecular flexibility index (Phi) is 4.93. The largest absolute Gasteiger partial charge is 0.389 e. The van der Waals surface area contributed by atoms with Crippen LogP contribution in [0, 0.1) is 6.92 Å². The summed E-state index contributed by atoms with van der Waals surface area (Å²) in [7, 11) is 0. The second kappa shape index (κ2) is 5.85. The van der Waals surface area contributed by atoms with Crippen LogP contribution in [0.5, 0.6) is 0 Å². The molecule has 0 bridgehead atoms. The Balaban J connectivity index is 2.93. The van der Waals surface area contributed by atoms with E-state index in [1.807, 2.05) is 32.0 Å². The molecule has 1 rings (SSSR count). The highest BCUT2D eigenvalue weighted by atomic mass is 79.9. The van der Waals surface area contributed by atoms with Crippen LogP contribution in [0.2, 0.25) is 0 Å². The van der Waals surface area contributed by atoms with Crippen LogP contribution in [-0.2, 0) is 0 Å². The highest BCUT2D eigenvalue weighted by Crippen LogP contribution is 2.19. The molecular formula is C14H20BrNO2. The molecule has 100 valence electrons. The van der Waals surface area contributed by atoms with E-state index in [9.17, 15) is 9.90 Å². The number of aryl methyl sites for hydroxylation is 1. The molecule has 0 unspecified atom stereocenters.